The number of esters is 1. The molecule has 0 N–H and O–H groups in total. The molecule has 122 valence electrons. The molecule has 0 fully saturated rings. The first kappa shape index (κ1) is 17.2. The lowest BCUT2D eigenvalue weighted by Crippen LogP contribution is -2.08. The maximum absolute atomic E-state index is 12.1. The molecule has 0 unspecified atom stereocenters. The summed E-state index contributed by atoms with van der Waals surface area (Å²) in [5.74, 6) is 0.188. The van der Waals surface area contributed by atoms with Crippen molar-refractivity contribution < 1.29 is 19.0 Å². The molecule has 0 aromatic heterocycles. The molecule has 0 aliphatic carbocycles. The van der Waals surface area contributed by atoms with Crippen LogP contribution in [0.3, 0.4) is 0 Å². The Morgan fingerprint density at radius 1 is 0.783 bits per heavy atom. The average molecular weight is 314 g/mol. The Bertz CT molecular complexity index is 602. The number of rotatable bonds is 8. The zero-order valence-electron chi connectivity index (χ0n) is 13.6. The largest absolute Gasteiger partial charge is 0.423 e. The molecule has 2 aromatic rings. The van der Waals surface area contributed by atoms with Gasteiger partial charge >= 0.3 is 5.97 Å². The maximum Gasteiger partial charge on any atom is 0.343 e. The molecular weight excluding hydrogens is 292 g/mol. The Hall–Kier alpha value is -2.17. The molecule has 0 atom stereocenters. The van der Waals surface area contributed by atoms with Crippen LogP contribution in [-0.2, 0) is 22.3 Å². The van der Waals surface area contributed by atoms with E-state index in [1.165, 1.54) is 0 Å². The van der Waals surface area contributed by atoms with Crippen molar-refractivity contribution in [2.24, 2.45) is 0 Å². The predicted octanol–water partition coefficient (Wildman–Crippen LogP) is 3.28. The van der Waals surface area contributed by atoms with Crippen LogP contribution in [-0.4, -0.2) is 33.4 Å². The minimum atomic E-state index is -0.354. The fourth-order valence-corrected chi connectivity index (χ4v) is 2.14. The Morgan fingerprint density at radius 2 is 1.26 bits per heavy atom. The molecule has 0 radical (unpaired) electrons. The normalized spacial score (nSPS) is 10.5. The summed E-state index contributed by atoms with van der Waals surface area (Å²) in [6.07, 6.45) is 1.67. The summed E-state index contributed by atoms with van der Waals surface area (Å²) in [5, 5.41) is 0. The molecule has 0 spiro atoms. The zero-order chi connectivity index (χ0) is 16.5. The van der Waals surface area contributed by atoms with Crippen molar-refractivity contribution >= 4 is 5.97 Å². The Balaban J connectivity index is 1.93. The Labute approximate surface area is 137 Å². The van der Waals surface area contributed by atoms with Gasteiger partial charge in [-0.15, -0.1) is 0 Å². The van der Waals surface area contributed by atoms with Crippen LogP contribution >= 0.6 is 0 Å². The van der Waals surface area contributed by atoms with E-state index < -0.39 is 0 Å². The van der Waals surface area contributed by atoms with E-state index in [1.807, 2.05) is 24.3 Å². The monoisotopic (exact) mass is 314 g/mol. The number of hydrogen-bond donors (Lipinski definition) is 0. The Kier molecular flexibility index (Phi) is 6.78. The van der Waals surface area contributed by atoms with Gasteiger partial charge in [0.1, 0.15) is 5.75 Å². The van der Waals surface area contributed by atoms with Crippen molar-refractivity contribution in [1.29, 1.82) is 0 Å². The molecule has 0 saturated heterocycles. The number of methoxy groups -OCH3 is 2. The van der Waals surface area contributed by atoms with E-state index in [-0.39, 0.29) is 5.97 Å². The first-order chi connectivity index (χ1) is 11.2. The van der Waals surface area contributed by atoms with Gasteiger partial charge < -0.3 is 14.2 Å². The van der Waals surface area contributed by atoms with E-state index >= 15 is 0 Å². The second-order valence-electron chi connectivity index (χ2n) is 5.22. The fourth-order valence-electron chi connectivity index (χ4n) is 2.14. The molecule has 0 aliphatic rings. The lowest BCUT2D eigenvalue weighted by molar-refractivity contribution is 0.0734. The van der Waals surface area contributed by atoms with E-state index in [1.54, 1.807) is 38.5 Å². The van der Waals surface area contributed by atoms with Gasteiger partial charge in [-0.25, -0.2) is 4.79 Å². The number of benzene rings is 2. The highest BCUT2D eigenvalue weighted by atomic mass is 16.5. The lowest BCUT2D eigenvalue weighted by atomic mass is 10.1. The van der Waals surface area contributed by atoms with Gasteiger partial charge in [-0.05, 0) is 48.2 Å². The molecule has 0 amide bonds. The molecule has 2 aromatic carbocycles. The average Bonchev–Trinajstić information content (AvgIpc) is 2.59. The quantitative estimate of drug-likeness (QED) is 0.554. The van der Waals surface area contributed by atoms with E-state index in [0.29, 0.717) is 24.5 Å². The minimum Gasteiger partial charge on any atom is -0.423 e. The van der Waals surface area contributed by atoms with Crippen molar-refractivity contribution in [3.63, 3.8) is 0 Å². The van der Waals surface area contributed by atoms with Crippen LogP contribution in [0.5, 0.6) is 5.75 Å². The van der Waals surface area contributed by atoms with Crippen LogP contribution in [0.1, 0.15) is 21.5 Å². The second-order valence-corrected chi connectivity index (χ2v) is 5.22. The van der Waals surface area contributed by atoms with E-state index in [0.717, 1.165) is 24.0 Å². The third-order valence-electron chi connectivity index (χ3n) is 3.51. The summed E-state index contributed by atoms with van der Waals surface area (Å²) < 4.78 is 15.5. The van der Waals surface area contributed by atoms with Crippen LogP contribution in [0.25, 0.3) is 0 Å². The van der Waals surface area contributed by atoms with E-state index in [2.05, 4.69) is 0 Å². The van der Waals surface area contributed by atoms with E-state index in [9.17, 15) is 4.79 Å². The molecule has 23 heavy (non-hydrogen) atoms. The summed E-state index contributed by atoms with van der Waals surface area (Å²) in [4.78, 5) is 12.1. The highest BCUT2D eigenvalue weighted by Crippen LogP contribution is 2.15. The highest BCUT2D eigenvalue weighted by Gasteiger charge is 2.08. The third kappa shape index (κ3) is 5.51. The van der Waals surface area contributed by atoms with Crippen LogP contribution in [0, 0.1) is 0 Å². The second kappa shape index (κ2) is 9.08. The lowest BCUT2D eigenvalue weighted by Gasteiger charge is -2.07. The van der Waals surface area contributed by atoms with Gasteiger partial charge in [0.2, 0.25) is 0 Å². The number of carbonyl (C=O) groups is 1. The summed E-state index contributed by atoms with van der Waals surface area (Å²) >= 11 is 0. The van der Waals surface area contributed by atoms with Crippen molar-refractivity contribution in [2.45, 2.75) is 12.8 Å². The zero-order valence-corrected chi connectivity index (χ0v) is 13.6. The molecule has 0 bridgehead atoms. The number of hydrogen-bond acceptors (Lipinski definition) is 4. The van der Waals surface area contributed by atoms with Crippen molar-refractivity contribution in [1.82, 2.24) is 0 Å². The number of ether oxygens (including phenoxy) is 3. The molecule has 4 heteroatoms. The van der Waals surface area contributed by atoms with Gasteiger partial charge in [0.05, 0.1) is 18.8 Å². The molecule has 2 rings (SSSR count). The summed E-state index contributed by atoms with van der Waals surface area (Å²) in [7, 11) is 3.35. The smallest absolute Gasteiger partial charge is 0.343 e. The Morgan fingerprint density at radius 3 is 1.74 bits per heavy atom. The highest BCUT2D eigenvalue weighted by molar-refractivity contribution is 5.91. The molecule has 0 saturated carbocycles. The van der Waals surface area contributed by atoms with Crippen LogP contribution in [0.4, 0.5) is 0 Å². The molecule has 0 heterocycles. The number of carbonyl (C=O) groups excluding carboxylic acids is 1. The van der Waals surface area contributed by atoms with Crippen molar-refractivity contribution in [3.8, 4) is 5.75 Å². The van der Waals surface area contributed by atoms with Crippen LogP contribution in [0.2, 0.25) is 0 Å². The predicted molar refractivity (Wildman–Crippen MR) is 89.0 cm³/mol. The first-order valence-corrected chi connectivity index (χ1v) is 7.61. The van der Waals surface area contributed by atoms with Gasteiger partial charge in [0.15, 0.2) is 0 Å². The van der Waals surface area contributed by atoms with Gasteiger partial charge in [0.25, 0.3) is 0 Å². The molecule has 4 nitrogen and oxygen atoms in total. The van der Waals surface area contributed by atoms with Gasteiger partial charge in [0, 0.05) is 14.2 Å². The minimum absolute atomic E-state index is 0.354. The fraction of sp³-hybridized carbons (Fsp3) is 0.316. The van der Waals surface area contributed by atoms with Crippen molar-refractivity contribution in [2.75, 3.05) is 27.4 Å². The van der Waals surface area contributed by atoms with Crippen LogP contribution in [0.15, 0.2) is 48.5 Å². The first-order valence-electron chi connectivity index (χ1n) is 7.61. The topological polar surface area (TPSA) is 44.8 Å². The van der Waals surface area contributed by atoms with Gasteiger partial charge in [-0.2, -0.15) is 0 Å². The van der Waals surface area contributed by atoms with Gasteiger partial charge in [-0.3, -0.25) is 0 Å². The molecular formula is C19H22O4. The summed E-state index contributed by atoms with van der Waals surface area (Å²) in [6, 6.07) is 14.9. The maximum atomic E-state index is 12.1. The van der Waals surface area contributed by atoms with Gasteiger partial charge in [-0.1, -0.05) is 24.3 Å². The SMILES string of the molecule is COCCc1ccc(OC(=O)c2ccc(CCOC)cc2)cc1. The summed E-state index contributed by atoms with van der Waals surface area (Å²) in [6.45, 7) is 1.34. The standard InChI is InChI=1S/C19H22O4/c1-21-13-11-15-3-7-17(8-4-15)19(20)23-18-9-5-16(6-10-18)12-14-22-2/h3-10H,11-14H2,1-2H3. The molecule has 0 aliphatic heterocycles. The van der Waals surface area contributed by atoms with Crippen LogP contribution < -0.4 is 4.74 Å². The van der Waals surface area contributed by atoms with E-state index in [4.69, 9.17) is 14.2 Å². The summed E-state index contributed by atoms with van der Waals surface area (Å²) in [5.41, 5.74) is 2.81. The third-order valence-corrected chi connectivity index (χ3v) is 3.51. The van der Waals surface area contributed by atoms with Crippen molar-refractivity contribution in [3.05, 3.63) is 65.2 Å².